The summed E-state index contributed by atoms with van der Waals surface area (Å²) in [6.07, 6.45) is 0.723. The van der Waals surface area contributed by atoms with Gasteiger partial charge in [-0.15, -0.1) is 11.8 Å². The number of carbonyl (C=O) groups excluding carboxylic acids is 3. The lowest BCUT2D eigenvalue weighted by atomic mass is 9.68. The van der Waals surface area contributed by atoms with E-state index in [4.69, 9.17) is 9.47 Å². The van der Waals surface area contributed by atoms with Crippen LogP contribution in [0.25, 0.3) is 0 Å². The molecule has 1 aromatic heterocycles. The number of nitro groups is 1. The standard InChI is InChI=1S/C34H28N4O8S2/c1-45-20-11-5-17(6-12-20)35-24(39)15-46-21-4-2-3-16(13-21)25-26-22-14-23(29(26)47-31-30(25)48-34(42)36-31)28-27(22)32(40)37(33(28)41)18-7-9-19(10-8-18)38(43)44/h2-13,22-23,25-29H,14-15H2,1H3,(H,35,39)(H,36,42)/t22-,23-,25+,26-,27+,28+,29-/m1/s1. The number of fused-ring (bicyclic) bond motifs is 9. The number of nitro benzene ring substituents is 1. The molecule has 3 amide bonds. The van der Waals surface area contributed by atoms with Crippen LogP contribution in [0.15, 0.2) is 82.6 Å². The van der Waals surface area contributed by atoms with Crippen LogP contribution < -0.4 is 24.6 Å². The van der Waals surface area contributed by atoms with Crippen LogP contribution in [0.4, 0.5) is 17.1 Å². The van der Waals surface area contributed by atoms with E-state index in [9.17, 15) is 29.3 Å². The molecular formula is C34H28N4O8S2. The zero-order valence-corrected chi connectivity index (χ0v) is 27.0. The van der Waals surface area contributed by atoms with Gasteiger partial charge in [0.25, 0.3) is 11.6 Å². The Kier molecular flexibility index (Phi) is 7.36. The molecule has 4 aliphatic rings. The van der Waals surface area contributed by atoms with E-state index in [0.717, 1.165) is 33.2 Å². The number of ether oxygens (including phenoxy) is 2. The lowest BCUT2D eigenvalue weighted by molar-refractivity contribution is -0.384. The van der Waals surface area contributed by atoms with Crippen molar-refractivity contribution >= 4 is 57.9 Å². The number of aromatic nitrogens is 1. The Morgan fingerprint density at radius 1 is 1.00 bits per heavy atom. The monoisotopic (exact) mass is 684 g/mol. The molecule has 2 saturated carbocycles. The summed E-state index contributed by atoms with van der Waals surface area (Å²) in [6, 6.07) is 20.0. The zero-order valence-electron chi connectivity index (χ0n) is 25.4. The van der Waals surface area contributed by atoms with Crippen LogP contribution in [0, 0.1) is 39.7 Å². The van der Waals surface area contributed by atoms with Crippen LogP contribution in [-0.4, -0.2) is 46.6 Å². The molecule has 0 spiro atoms. The third-order valence-corrected chi connectivity index (χ3v) is 12.6. The number of methoxy groups -OCH3 is 1. The lowest BCUT2D eigenvalue weighted by Gasteiger charge is -2.43. The Labute approximate surface area is 281 Å². The van der Waals surface area contributed by atoms with E-state index in [2.05, 4.69) is 10.3 Å². The third kappa shape index (κ3) is 4.89. The van der Waals surface area contributed by atoms with E-state index in [1.165, 1.54) is 29.2 Å². The molecule has 8 rings (SSSR count). The molecule has 244 valence electrons. The van der Waals surface area contributed by atoms with E-state index in [1.807, 2.05) is 18.2 Å². The second kappa shape index (κ2) is 11.6. The fourth-order valence-corrected chi connectivity index (χ4v) is 11.1. The van der Waals surface area contributed by atoms with Gasteiger partial charge in [-0.25, -0.2) is 0 Å². The van der Waals surface area contributed by atoms with E-state index < -0.39 is 16.8 Å². The summed E-state index contributed by atoms with van der Waals surface area (Å²) in [5, 5.41) is 14.8. The van der Waals surface area contributed by atoms with Crippen LogP contribution in [0.2, 0.25) is 0 Å². The van der Waals surface area contributed by atoms with Gasteiger partial charge >= 0.3 is 4.87 Å². The first kappa shape index (κ1) is 30.4. The molecule has 2 N–H and O–H groups in total. The van der Waals surface area contributed by atoms with Gasteiger partial charge in [0.1, 0.15) is 11.5 Å². The van der Waals surface area contributed by atoms with E-state index in [1.54, 1.807) is 49.2 Å². The maximum Gasteiger partial charge on any atom is 0.305 e. The third-order valence-electron chi connectivity index (χ3n) is 10.0. The number of nitrogens with zero attached hydrogens (tertiary/aromatic N) is 2. The number of H-pyrrole nitrogens is 1. The summed E-state index contributed by atoms with van der Waals surface area (Å²) in [5.41, 5.74) is 1.73. The summed E-state index contributed by atoms with van der Waals surface area (Å²) in [4.78, 5) is 68.7. The summed E-state index contributed by atoms with van der Waals surface area (Å²) in [5.74, 6) is -1.13. The number of carbonyl (C=O) groups is 3. The number of benzene rings is 3. The highest BCUT2D eigenvalue weighted by atomic mass is 32.2. The number of amides is 3. The molecule has 2 bridgehead atoms. The second-order valence-electron chi connectivity index (χ2n) is 12.4. The number of imide groups is 1. The fourth-order valence-electron chi connectivity index (χ4n) is 8.19. The quantitative estimate of drug-likeness (QED) is 0.147. The molecule has 48 heavy (non-hydrogen) atoms. The van der Waals surface area contributed by atoms with Gasteiger partial charge in [-0.2, -0.15) is 0 Å². The maximum atomic E-state index is 14.0. The molecule has 3 aromatic carbocycles. The average molecular weight is 685 g/mol. The van der Waals surface area contributed by atoms with Gasteiger partial charge in [0.2, 0.25) is 11.8 Å². The minimum absolute atomic E-state index is 0.00703. The summed E-state index contributed by atoms with van der Waals surface area (Å²) < 4.78 is 11.1. The first-order chi connectivity index (χ1) is 23.2. The molecule has 2 aliphatic carbocycles. The summed E-state index contributed by atoms with van der Waals surface area (Å²) >= 11 is 2.75. The van der Waals surface area contributed by atoms with Crippen molar-refractivity contribution in [3.8, 4) is 11.5 Å². The molecule has 3 fully saturated rings. The number of anilines is 2. The highest BCUT2D eigenvalue weighted by Gasteiger charge is 2.69. The largest absolute Gasteiger partial charge is 0.497 e. The Hall–Kier alpha value is -4.95. The number of non-ortho nitro benzene ring substituents is 1. The van der Waals surface area contributed by atoms with Crippen LogP contribution in [0.5, 0.6) is 11.5 Å². The molecule has 1 saturated heterocycles. The number of nitrogens with one attached hydrogen (secondary N) is 2. The Morgan fingerprint density at radius 2 is 1.73 bits per heavy atom. The molecule has 7 atom stereocenters. The van der Waals surface area contributed by atoms with Crippen molar-refractivity contribution in [2.75, 3.05) is 23.9 Å². The Bertz CT molecular complexity index is 2030. The number of thiazole rings is 1. The number of aromatic amines is 1. The average Bonchev–Trinajstić information content (AvgIpc) is 3.83. The minimum atomic E-state index is -0.519. The Morgan fingerprint density at radius 3 is 2.44 bits per heavy atom. The van der Waals surface area contributed by atoms with Crippen molar-refractivity contribution in [1.29, 1.82) is 0 Å². The first-order valence-corrected chi connectivity index (χ1v) is 17.1. The van der Waals surface area contributed by atoms with E-state index >= 15 is 0 Å². The molecular weight excluding hydrogens is 657 g/mol. The summed E-state index contributed by atoms with van der Waals surface area (Å²) in [7, 11) is 1.57. The van der Waals surface area contributed by atoms with Gasteiger partial charge in [-0.3, -0.25) is 34.2 Å². The predicted octanol–water partition coefficient (Wildman–Crippen LogP) is 5.05. The van der Waals surface area contributed by atoms with Gasteiger partial charge in [0, 0.05) is 33.9 Å². The Balaban J connectivity index is 1.06. The SMILES string of the molecule is COc1ccc(NC(=O)COc2cccc([C@@H]3c4sc(=O)[nH]c4S[C@@H]4[C@@H]5C[C@@H]([C@@H]6C(=O)N(c7ccc([N+](=O)[O-])cc7)C(=O)[C@@H]56)[C@H]34)c2)cc1. The van der Waals surface area contributed by atoms with Crippen molar-refractivity contribution in [2.24, 2.45) is 29.6 Å². The van der Waals surface area contributed by atoms with Crippen molar-refractivity contribution in [3.63, 3.8) is 0 Å². The normalized spacial score (nSPS) is 26.5. The lowest BCUT2D eigenvalue weighted by Crippen LogP contribution is -2.42. The van der Waals surface area contributed by atoms with Crippen LogP contribution in [0.1, 0.15) is 22.8 Å². The summed E-state index contributed by atoms with van der Waals surface area (Å²) in [6.45, 7) is -0.214. The van der Waals surface area contributed by atoms with Crippen LogP contribution in [0.3, 0.4) is 0 Å². The number of thioether (sulfide) groups is 1. The molecule has 12 nitrogen and oxygen atoms in total. The second-order valence-corrected chi connectivity index (χ2v) is 14.6. The molecule has 0 radical (unpaired) electrons. The molecule has 14 heteroatoms. The van der Waals surface area contributed by atoms with Gasteiger partial charge < -0.3 is 19.8 Å². The highest BCUT2D eigenvalue weighted by Crippen LogP contribution is 2.68. The van der Waals surface area contributed by atoms with E-state index in [0.29, 0.717) is 22.9 Å². The molecule has 4 aromatic rings. The number of hydrogen-bond acceptors (Lipinski definition) is 10. The van der Waals surface area contributed by atoms with Crippen molar-refractivity contribution in [3.05, 3.63) is 103 Å². The van der Waals surface area contributed by atoms with E-state index in [-0.39, 0.29) is 63.8 Å². The zero-order chi connectivity index (χ0) is 33.3. The topological polar surface area (TPSA) is 161 Å². The molecule has 3 heterocycles. The predicted molar refractivity (Wildman–Crippen MR) is 178 cm³/mol. The van der Waals surface area contributed by atoms with Crippen LogP contribution >= 0.6 is 23.1 Å². The highest BCUT2D eigenvalue weighted by molar-refractivity contribution is 8.00. The van der Waals surface area contributed by atoms with Crippen LogP contribution in [-0.2, 0) is 14.4 Å². The maximum absolute atomic E-state index is 14.0. The number of hydrogen-bond donors (Lipinski definition) is 2. The molecule has 0 unspecified atom stereocenters. The fraction of sp³-hybridized carbons (Fsp3) is 0.294. The molecule has 2 aliphatic heterocycles. The van der Waals surface area contributed by atoms with Gasteiger partial charge in [0.15, 0.2) is 6.61 Å². The van der Waals surface area contributed by atoms with Gasteiger partial charge in [0.05, 0.1) is 34.6 Å². The van der Waals surface area contributed by atoms with Gasteiger partial charge in [-0.1, -0.05) is 23.5 Å². The van der Waals surface area contributed by atoms with Crippen molar-refractivity contribution in [1.82, 2.24) is 4.98 Å². The van der Waals surface area contributed by atoms with Crippen molar-refractivity contribution < 1.29 is 28.8 Å². The first-order valence-electron chi connectivity index (χ1n) is 15.4. The van der Waals surface area contributed by atoms with Gasteiger partial charge in [-0.05, 0) is 78.3 Å². The number of rotatable bonds is 8. The van der Waals surface area contributed by atoms with Crippen molar-refractivity contribution in [2.45, 2.75) is 22.6 Å². The smallest absolute Gasteiger partial charge is 0.305 e. The minimum Gasteiger partial charge on any atom is -0.497 e.